The van der Waals surface area contributed by atoms with Gasteiger partial charge >= 0.3 is 0 Å². The first-order valence-electron chi connectivity index (χ1n) is 7.39. The van der Waals surface area contributed by atoms with Crippen LogP contribution in [0.25, 0.3) is 0 Å². The second kappa shape index (κ2) is 7.65. The van der Waals surface area contributed by atoms with Gasteiger partial charge in [-0.2, -0.15) is 0 Å². The molecule has 1 rings (SSSR count). The normalized spacial score (nSPS) is 13.7. The highest BCUT2D eigenvalue weighted by Crippen LogP contribution is 2.18. The van der Waals surface area contributed by atoms with Crippen LogP contribution in [0.15, 0.2) is 12.5 Å². The van der Waals surface area contributed by atoms with Gasteiger partial charge in [0, 0.05) is 24.8 Å². The van der Waals surface area contributed by atoms with Crippen molar-refractivity contribution >= 4 is 0 Å². The van der Waals surface area contributed by atoms with E-state index in [1.807, 2.05) is 12.5 Å². The molecule has 0 aliphatic heterocycles. The van der Waals surface area contributed by atoms with E-state index in [1.165, 1.54) is 12.8 Å². The lowest BCUT2D eigenvalue weighted by atomic mass is 10.0. The van der Waals surface area contributed by atoms with Gasteiger partial charge in [0.2, 0.25) is 0 Å². The molecular formula is C15H30N4. The van der Waals surface area contributed by atoms with Gasteiger partial charge < -0.3 is 15.2 Å². The Kier molecular flexibility index (Phi) is 6.52. The molecule has 1 atom stereocenters. The highest BCUT2D eigenvalue weighted by atomic mass is 15.1. The first kappa shape index (κ1) is 16.2. The third-order valence-electron chi connectivity index (χ3n) is 3.85. The molecule has 0 aromatic carbocycles. The predicted octanol–water partition coefficient (Wildman–Crippen LogP) is 2.66. The van der Waals surface area contributed by atoms with Crippen LogP contribution < -0.4 is 5.73 Å². The number of imidazole rings is 1. The molecule has 1 heterocycles. The van der Waals surface area contributed by atoms with Crippen molar-refractivity contribution in [3.05, 3.63) is 18.2 Å². The van der Waals surface area contributed by atoms with Crippen LogP contribution in [0.3, 0.4) is 0 Å². The van der Waals surface area contributed by atoms with Crippen molar-refractivity contribution in [2.24, 2.45) is 11.7 Å². The summed E-state index contributed by atoms with van der Waals surface area (Å²) in [6.07, 6.45) is 6.20. The fraction of sp³-hybridized carbons (Fsp3) is 0.800. The van der Waals surface area contributed by atoms with Gasteiger partial charge in [0.15, 0.2) is 0 Å². The van der Waals surface area contributed by atoms with Gasteiger partial charge in [-0.15, -0.1) is 0 Å². The number of aromatic nitrogens is 2. The molecule has 19 heavy (non-hydrogen) atoms. The van der Waals surface area contributed by atoms with E-state index in [4.69, 9.17) is 5.73 Å². The Balaban J connectivity index is 2.40. The SMILES string of the molecule is CC(C)C(N)c1cncn1CCCCN(C)C(C)C. The number of nitrogens with two attached hydrogens (primary N) is 1. The molecule has 110 valence electrons. The van der Waals surface area contributed by atoms with Crippen LogP contribution >= 0.6 is 0 Å². The molecule has 1 aromatic heterocycles. The van der Waals surface area contributed by atoms with Crippen molar-refractivity contribution in [2.75, 3.05) is 13.6 Å². The summed E-state index contributed by atoms with van der Waals surface area (Å²) in [5.74, 6) is 0.447. The molecular weight excluding hydrogens is 236 g/mol. The van der Waals surface area contributed by atoms with Crippen molar-refractivity contribution in [2.45, 2.75) is 59.2 Å². The Morgan fingerprint density at radius 1 is 1.26 bits per heavy atom. The summed E-state index contributed by atoms with van der Waals surface area (Å²) in [7, 11) is 2.18. The molecule has 2 N–H and O–H groups in total. The van der Waals surface area contributed by atoms with Gasteiger partial charge in [-0.1, -0.05) is 13.8 Å². The fourth-order valence-electron chi connectivity index (χ4n) is 2.04. The van der Waals surface area contributed by atoms with Crippen molar-refractivity contribution in [1.29, 1.82) is 0 Å². The molecule has 4 heteroatoms. The molecule has 0 aliphatic carbocycles. The highest BCUT2D eigenvalue weighted by molar-refractivity contribution is 5.05. The number of unbranched alkanes of at least 4 members (excludes halogenated alkanes) is 1. The van der Waals surface area contributed by atoms with Gasteiger partial charge in [0.1, 0.15) is 0 Å². The number of rotatable bonds is 8. The van der Waals surface area contributed by atoms with E-state index < -0.39 is 0 Å². The van der Waals surface area contributed by atoms with Crippen molar-refractivity contribution in [3.63, 3.8) is 0 Å². The van der Waals surface area contributed by atoms with Crippen LogP contribution in [-0.2, 0) is 6.54 Å². The van der Waals surface area contributed by atoms with E-state index in [0.717, 1.165) is 18.8 Å². The average molecular weight is 266 g/mol. The molecule has 0 spiro atoms. The molecule has 0 bridgehead atoms. The quantitative estimate of drug-likeness (QED) is 0.736. The second-order valence-electron chi connectivity index (χ2n) is 6.06. The maximum Gasteiger partial charge on any atom is 0.0948 e. The Labute approximate surface area is 118 Å². The van der Waals surface area contributed by atoms with Crippen LogP contribution in [0.5, 0.6) is 0 Å². The summed E-state index contributed by atoms with van der Waals surface area (Å²) in [6, 6.07) is 0.707. The summed E-state index contributed by atoms with van der Waals surface area (Å²) in [4.78, 5) is 6.62. The van der Waals surface area contributed by atoms with Crippen LogP contribution in [0.2, 0.25) is 0 Å². The molecule has 0 radical (unpaired) electrons. The molecule has 0 saturated carbocycles. The fourth-order valence-corrected chi connectivity index (χ4v) is 2.04. The number of hydrogen-bond donors (Lipinski definition) is 1. The van der Waals surface area contributed by atoms with E-state index in [1.54, 1.807) is 0 Å². The third kappa shape index (κ3) is 4.96. The Morgan fingerprint density at radius 2 is 1.95 bits per heavy atom. The smallest absolute Gasteiger partial charge is 0.0948 e. The Bertz CT molecular complexity index is 357. The minimum Gasteiger partial charge on any atom is -0.333 e. The zero-order valence-electron chi connectivity index (χ0n) is 13.1. The molecule has 0 amide bonds. The van der Waals surface area contributed by atoms with Crippen molar-refractivity contribution < 1.29 is 0 Å². The minimum atomic E-state index is 0.0841. The number of aryl methyl sites for hydroxylation is 1. The number of hydrogen-bond acceptors (Lipinski definition) is 3. The molecule has 1 unspecified atom stereocenters. The van der Waals surface area contributed by atoms with Crippen molar-refractivity contribution in [3.8, 4) is 0 Å². The van der Waals surface area contributed by atoms with Gasteiger partial charge in [0.25, 0.3) is 0 Å². The Hall–Kier alpha value is -0.870. The standard InChI is InChI=1S/C15H30N4/c1-12(2)15(16)14-10-17-11-19(14)9-7-6-8-18(5)13(3)4/h10-13,15H,6-9,16H2,1-5H3. The third-order valence-corrected chi connectivity index (χ3v) is 3.85. The van der Waals surface area contributed by atoms with Gasteiger partial charge in [0.05, 0.1) is 12.0 Å². The summed E-state index contributed by atoms with van der Waals surface area (Å²) >= 11 is 0. The van der Waals surface area contributed by atoms with E-state index in [-0.39, 0.29) is 6.04 Å². The zero-order chi connectivity index (χ0) is 14.4. The average Bonchev–Trinajstić information content (AvgIpc) is 2.81. The monoisotopic (exact) mass is 266 g/mol. The molecule has 4 nitrogen and oxygen atoms in total. The summed E-state index contributed by atoms with van der Waals surface area (Å²) < 4.78 is 2.21. The molecule has 0 aliphatic rings. The Morgan fingerprint density at radius 3 is 2.53 bits per heavy atom. The minimum absolute atomic E-state index is 0.0841. The second-order valence-corrected chi connectivity index (χ2v) is 6.06. The summed E-state index contributed by atoms with van der Waals surface area (Å²) in [5.41, 5.74) is 7.37. The summed E-state index contributed by atoms with van der Waals surface area (Å²) in [6.45, 7) is 10.9. The lowest BCUT2D eigenvalue weighted by molar-refractivity contribution is 0.266. The van der Waals surface area contributed by atoms with Crippen LogP contribution in [0.1, 0.15) is 52.3 Å². The van der Waals surface area contributed by atoms with Crippen LogP contribution in [0.4, 0.5) is 0 Å². The van der Waals surface area contributed by atoms with E-state index >= 15 is 0 Å². The maximum atomic E-state index is 6.21. The molecule has 0 saturated heterocycles. The lowest BCUT2D eigenvalue weighted by Gasteiger charge is -2.21. The zero-order valence-corrected chi connectivity index (χ0v) is 13.1. The maximum absolute atomic E-state index is 6.21. The summed E-state index contributed by atoms with van der Waals surface area (Å²) in [5, 5.41) is 0. The van der Waals surface area contributed by atoms with Crippen LogP contribution in [0, 0.1) is 5.92 Å². The first-order chi connectivity index (χ1) is 8.93. The molecule has 0 fully saturated rings. The van der Waals surface area contributed by atoms with Gasteiger partial charge in [-0.25, -0.2) is 4.98 Å². The van der Waals surface area contributed by atoms with E-state index in [9.17, 15) is 0 Å². The van der Waals surface area contributed by atoms with Crippen LogP contribution in [-0.4, -0.2) is 34.1 Å². The van der Waals surface area contributed by atoms with Gasteiger partial charge in [-0.05, 0) is 46.2 Å². The van der Waals surface area contributed by atoms with Crippen molar-refractivity contribution in [1.82, 2.24) is 14.5 Å². The largest absolute Gasteiger partial charge is 0.333 e. The first-order valence-corrected chi connectivity index (χ1v) is 7.39. The van der Waals surface area contributed by atoms with E-state index in [2.05, 4.69) is 49.2 Å². The predicted molar refractivity (Wildman–Crippen MR) is 81.0 cm³/mol. The number of nitrogens with zero attached hydrogens (tertiary/aromatic N) is 3. The lowest BCUT2D eigenvalue weighted by Crippen LogP contribution is -2.27. The molecule has 1 aromatic rings. The topological polar surface area (TPSA) is 47.1 Å². The van der Waals surface area contributed by atoms with Gasteiger partial charge in [-0.3, -0.25) is 0 Å². The highest BCUT2D eigenvalue weighted by Gasteiger charge is 2.14. The van der Waals surface area contributed by atoms with E-state index in [0.29, 0.717) is 12.0 Å².